The van der Waals surface area contributed by atoms with Gasteiger partial charge in [-0.2, -0.15) is 0 Å². The number of amides is 1. The molecule has 78 valence electrons. The third-order valence-corrected chi connectivity index (χ3v) is 1.42. The predicted molar refractivity (Wildman–Crippen MR) is 55.0 cm³/mol. The summed E-state index contributed by atoms with van der Waals surface area (Å²) < 4.78 is 0. The van der Waals surface area contributed by atoms with Gasteiger partial charge < -0.3 is 10.9 Å². The molecule has 0 unspecified atom stereocenters. The Morgan fingerprint density at radius 2 is 2.00 bits per heavy atom. The molecular formula is C10H16N2O2. The van der Waals surface area contributed by atoms with Crippen molar-refractivity contribution in [3.63, 3.8) is 0 Å². The van der Waals surface area contributed by atoms with Crippen molar-refractivity contribution >= 4 is 5.91 Å². The van der Waals surface area contributed by atoms with Crippen molar-refractivity contribution in [3.8, 4) is 0 Å². The summed E-state index contributed by atoms with van der Waals surface area (Å²) in [5, 5.41) is 7.82. The van der Waals surface area contributed by atoms with E-state index >= 15 is 0 Å². The zero-order valence-corrected chi connectivity index (χ0v) is 8.23. The molecule has 4 nitrogen and oxygen atoms in total. The second kappa shape index (κ2) is 8.22. The molecule has 14 heavy (non-hydrogen) atoms. The molecule has 0 saturated heterocycles. The smallest absolute Gasteiger partial charge is 0.248 e. The van der Waals surface area contributed by atoms with Crippen LogP contribution in [0, 0.1) is 0 Å². The minimum absolute atomic E-state index is 0.379. The molecule has 0 heterocycles. The average Bonchev–Trinajstić information content (AvgIpc) is 2.21. The lowest BCUT2D eigenvalue weighted by atomic mass is 10.2. The van der Waals surface area contributed by atoms with Crippen LogP contribution in [0.2, 0.25) is 0 Å². The number of carbonyl (C=O) groups is 1. The number of benzene rings is 1. The standard InChI is InChI=1S/C7H7NO.C3H9NO/c8-7(9)6-4-2-1-3-5-6;1-2-3-4-5/h1-5H,(H2,8,9);4-5H,2-3H2,1H3. The third kappa shape index (κ3) is 6.16. The quantitative estimate of drug-likeness (QED) is 0.635. The first kappa shape index (κ1) is 12.6. The summed E-state index contributed by atoms with van der Waals surface area (Å²) >= 11 is 0. The van der Waals surface area contributed by atoms with E-state index in [9.17, 15) is 4.79 Å². The number of nitrogens with one attached hydrogen (secondary N) is 1. The Morgan fingerprint density at radius 3 is 2.21 bits per heavy atom. The fraction of sp³-hybridized carbons (Fsp3) is 0.300. The van der Waals surface area contributed by atoms with Gasteiger partial charge in [0.05, 0.1) is 0 Å². The number of hydroxylamine groups is 1. The second-order valence-electron chi connectivity index (χ2n) is 2.64. The maximum atomic E-state index is 10.4. The van der Waals surface area contributed by atoms with Crippen LogP contribution in [0.1, 0.15) is 23.7 Å². The molecule has 0 aliphatic heterocycles. The van der Waals surface area contributed by atoms with Crippen molar-refractivity contribution in [3.05, 3.63) is 35.9 Å². The Bertz CT molecular complexity index is 248. The summed E-state index contributed by atoms with van der Waals surface area (Å²) in [6.45, 7) is 2.68. The molecule has 0 aliphatic carbocycles. The van der Waals surface area contributed by atoms with Gasteiger partial charge >= 0.3 is 0 Å². The molecule has 0 saturated carbocycles. The van der Waals surface area contributed by atoms with Crippen LogP contribution in [0.4, 0.5) is 0 Å². The molecule has 4 N–H and O–H groups in total. The molecule has 0 fully saturated rings. The molecule has 0 aliphatic rings. The summed E-state index contributed by atoms with van der Waals surface area (Å²) in [5.74, 6) is -0.379. The highest BCUT2D eigenvalue weighted by Gasteiger charge is 1.93. The van der Waals surface area contributed by atoms with Gasteiger partial charge in [0.25, 0.3) is 0 Å². The van der Waals surface area contributed by atoms with Gasteiger partial charge in [0.2, 0.25) is 5.91 Å². The lowest BCUT2D eigenvalue weighted by Gasteiger charge is -1.89. The SMILES string of the molecule is CCCNO.NC(=O)c1ccccc1. The van der Waals surface area contributed by atoms with Gasteiger partial charge in [-0.3, -0.25) is 4.79 Å². The van der Waals surface area contributed by atoms with Crippen molar-refractivity contribution in [1.82, 2.24) is 5.48 Å². The van der Waals surface area contributed by atoms with Gasteiger partial charge in [-0.15, -0.1) is 0 Å². The van der Waals surface area contributed by atoms with E-state index in [1.165, 1.54) is 0 Å². The number of carbonyl (C=O) groups excluding carboxylic acids is 1. The molecule has 0 atom stereocenters. The average molecular weight is 196 g/mol. The van der Waals surface area contributed by atoms with E-state index in [2.05, 4.69) is 0 Å². The molecule has 1 rings (SSSR count). The Morgan fingerprint density at radius 1 is 1.43 bits per heavy atom. The fourth-order valence-corrected chi connectivity index (χ4v) is 0.714. The van der Waals surface area contributed by atoms with Crippen LogP contribution in [0.15, 0.2) is 30.3 Å². The van der Waals surface area contributed by atoms with Crippen LogP contribution in [-0.2, 0) is 0 Å². The van der Waals surface area contributed by atoms with Crippen LogP contribution in [0.3, 0.4) is 0 Å². The molecular weight excluding hydrogens is 180 g/mol. The summed E-state index contributed by atoms with van der Waals surface area (Å²) in [4.78, 5) is 10.4. The number of nitrogens with two attached hydrogens (primary N) is 1. The molecule has 0 radical (unpaired) electrons. The van der Waals surface area contributed by atoms with Crippen molar-refractivity contribution in [1.29, 1.82) is 0 Å². The largest absolute Gasteiger partial charge is 0.366 e. The summed E-state index contributed by atoms with van der Waals surface area (Å²) in [7, 11) is 0. The number of rotatable bonds is 3. The van der Waals surface area contributed by atoms with Crippen LogP contribution in [-0.4, -0.2) is 17.7 Å². The number of hydrogen-bond acceptors (Lipinski definition) is 3. The first-order chi connectivity index (χ1) is 6.72. The van der Waals surface area contributed by atoms with Gasteiger partial charge in [0.1, 0.15) is 0 Å². The first-order valence-corrected chi connectivity index (χ1v) is 4.44. The van der Waals surface area contributed by atoms with Gasteiger partial charge in [-0.05, 0) is 18.6 Å². The predicted octanol–water partition coefficient (Wildman–Crippen LogP) is 1.16. The van der Waals surface area contributed by atoms with E-state index in [1.807, 2.05) is 18.5 Å². The Hall–Kier alpha value is -1.39. The van der Waals surface area contributed by atoms with Gasteiger partial charge in [-0.25, -0.2) is 5.48 Å². The fourth-order valence-electron chi connectivity index (χ4n) is 0.714. The lowest BCUT2D eigenvalue weighted by Crippen LogP contribution is -2.09. The van der Waals surface area contributed by atoms with Crippen LogP contribution in [0.25, 0.3) is 0 Å². The van der Waals surface area contributed by atoms with Crippen LogP contribution in [0.5, 0.6) is 0 Å². The third-order valence-electron chi connectivity index (χ3n) is 1.42. The van der Waals surface area contributed by atoms with Crippen LogP contribution < -0.4 is 11.2 Å². The van der Waals surface area contributed by atoms with E-state index in [0.717, 1.165) is 6.42 Å². The van der Waals surface area contributed by atoms with E-state index in [4.69, 9.17) is 10.9 Å². The highest BCUT2D eigenvalue weighted by Crippen LogP contribution is 1.94. The van der Waals surface area contributed by atoms with E-state index < -0.39 is 0 Å². The van der Waals surface area contributed by atoms with Crippen LogP contribution >= 0.6 is 0 Å². The minimum atomic E-state index is -0.379. The minimum Gasteiger partial charge on any atom is -0.366 e. The summed E-state index contributed by atoms with van der Waals surface area (Å²) in [6, 6.07) is 8.76. The monoisotopic (exact) mass is 196 g/mol. The van der Waals surface area contributed by atoms with Gasteiger partial charge in [-0.1, -0.05) is 25.1 Å². The van der Waals surface area contributed by atoms with E-state index in [1.54, 1.807) is 24.3 Å². The second-order valence-corrected chi connectivity index (χ2v) is 2.64. The maximum absolute atomic E-state index is 10.4. The van der Waals surface area contributed by atoms with Gasteiger partial charge in [0.15, 0.2) is 0 Å². The first-order valence-electron chi connectivity index (χ1n) is 4.44. The van der Waals surface area contributed by atoms with Crippen molar-refractivity contribution in [2.45, 2.75) is 13.3 Å². The Kier molecular flexibility index (Phi) is 7.40. The molecule has 1 aromatic carbocycles. The number of primary amides is 1. The molecule has 4 heteroatoms. The van der Waals surface area contributed by atoms with E-state index in [-0.39, 0.29) is 5.91 Å². The Labute approximate surface area is 83.7 Å². The zero-order chi connectivity index (χ0) is 10.8. The highest BCUT2D eigenvalue weighted by atomic mass is 16.5. The van der Waals surface area contributed by atoms with Crippen molar-refractivity contribution in [2.24, 2.45) is 5.73 Å². The molecule has 0 spiro atoms. The van der Waals surface area contributed by atoms with E-state index in [0.29, 0.717) is 12.1 Å². The molecule has 0 aromatic heterocycles. The highest BCUT2D eigenvalue weighted by molar-refractivity contribution is 5.92. The normalized spacial score (nSPS) is 8.71. The van der Waals surface area contributed by atoms with Crippen molar-refractivity contribution < 1.29 is 10.0 Å². The Balaban J connectivity index is 0.000000292. The number of hydrogen-bond donors (Lipinski definition) is 3. The summed E-state index contributed by atoms with van der Waals surface area (Å²) in [5.41, 5.74) is 7.55. The lowest BCUT2D eigenvalue weighted by molar-refractivity contribution is 0.100. The zero-order valence-electron chi connectivity index (χ0n) is 8.23. The molecule has 0 bridgehead atoms. The molecule has 1 aromatic rings. The maximum Gasteiger partial charge on any atom is 0.248 e. The topological polar surface area (TPSA) is 75.3 Å². The van der Waals surface area contributed by atoms with Crippen molar-refractivity contribution in [2.75, 3.05) is 6.54 Å². The van der Waals surface area contributed by atoms with Gasteiger partial charge in [0, 0.05) is 12.1 Å². The molecule has 1 amide bonds. The summed E-state index contributed by atoms with van der Waals surface area (Å²) in [6.07, 6.45) is 0.983.